The lowest BCUT2D eigenvalue weighted by Gasteiger charge is -2.38. The minimum absolute atomic E-state index is 0.0612. The van der Waals surface area contributed by atoms with E-state index in [4.69, 9.17) is 9.47 Å². The maximum atomic E-state index is 15.2. The van der Waals surface area contributed by atoms with Crippen molar-refractivity contribution >= 4 is 0 Å². The Morgan fingerprint density at radius 1 is 0.422 bits per heavy atom. The topological polar surface area (TPSA) is 18.5 Å². The molecule has 2 nitrogen and oxygen atoms in total. The van der Waals surface area contributed by atoms with Gasteiger partial charge in [0.15, 0.2) is 23.1 Å². The highest BCUT2D eigenvalue weighted by atomic mass is 19.2. The van der Waals surface area contributed by atoms with Crippen LogP contribution in [0.5, 0.6) is 11.5 Å². The smallest absolute Gasteiger partial charge is 0.200 e. The Bertz CT molecular complexity index is 1700. The molecule has 0 radical (unpaired) electrons. The van der Waals surface area contributed by atoms with E-state index < -0.39 is 23.3 Å². The van der Waals surface area contributed by atoms with Gasteiger partial charge in [-0.15, -0.1) is 0 Å². The molecular formula is C58H82F4O2. The van der Waals surface area contributed by atoms with Crippen molar-refractivity contribution in [3.05, 3.63) is 94.1 Å². The Labute approximate surface area is 385 Å². The zero-order valence-corrected chi connectivity index (χ0v) is 39.8. The molecule has 0 spiro atoms. The highest BCUT2D eigenvalue weighted by Gasteiger charge is 2.34. The van der Waals surface area contributed by atoms with Crippen LogP contribution in [0.2, 0.25) is 0 Å². The highest BCUT2D eigenvalue weighted by molar-refractivity contribution is 5.34. The minimum atomic E-state index is -0.806. The third kappa shape index (κ3) is 13.5. The monoisotopic (exact) mass is 887 g/mol. The summed E-state index contributed by atoms with van der Waals surface area (Å²) in [5, 5.41) is 0. The zero-order chi connectivity index (χ0) is 44.7. The molecular weight excluding hydrogens is 805 g/mol. The number of aryl methyl sites for hydroxylation is 2. The summed E-state index contributed by atoms with van der Waals surface area (Å²) in [4.78, 5) is 0. The van der Waals surface area contributed by atoms with E-state index in [1.807, 2.05) is 0 Å². The molecule has 4 aliphatic carbocycles. The van der Waals surface area contributed by atoms with Crippen LogP contribution >= 0.6 is 0 Å². The van der Waals surface area contributed by atoms with Gasteiger partial charge in [0.05, 0.1) is 13.2 Å². The Kier molecular flexibility index (Phi) is 19.3. The number of ether oxygens (including phenoxy) is 2. The molecule has 4 aliphatic rings. The summed E-state index contributed by atoms with van der Waals surface area (Å²) in [5.41, 5.74) is 4.09. The molecule has 0 atom stereocenters. The summed E-state index contributed by atoms with van der Waals surface area (Å²) in [6.45, 7) is 5.19. The van der Waals surface area contributed by atoms with Crippen molar-refractivity contribution in [1.82, 2.24) is 0 Å². The fraction of sp³-hybridized carbons (Fsp3) is 0.690. The Hall–Kier alpha value is -3.02. The van der Waals surface area contributed by atoms with Crippen LogP contribution in [-0.4, -0.2) is 13.2 Å². The highest BCUT2D eigenvalue weighted by Crippen LogP contribution is 2.47. The first-order chi connectivity index (χ1) is 31.3. The van der Waals surface area contributed by atoms with Crippen molar-refractivity contribution in [3.8, 4) is 11.5 Å². The van der Waals surface area contributed by atoms with Gasteiger partial charge < -0.3 is 9.47 Å². The van der Waals surface area contributed by atoms with E-state index in [9.17, 15) is 8.78 Å². The third-order valence-electron chi connectivity index (χ3n) is 16.9. The quantitative estimate of drug-likeness (QED) is 0.0739. The molecule has 64 heavy (non-hydrogen) atoms. The first-order valence-electron chi connectivity index (χ1n) is 26.6. The van der Waals surface area contributed by atoms with Crippen molar-refractivity contribution in [3.63, 3.8) is 0 Å². The lowest BCUT2D eigenvalue weighted by molar-refractivity contribution is 0.156. The molecule has 0 heterocycles. The molecule has 7 rings (SSSR count). The molecule has 4 saturated carbocycles. The van der Waals surface area contributed by atoms with Crippen LogP contribution in [-0.2, 0) is 12.8 Å². The first-order valence-corrected chi connectivity index (χ1v) is 26.6. The summed E-state index contributed by atoms with van der Waals surface area (Å²) >= 11 is 0. The van der Waals surface area contributed by atoms with E-state index in [-0.39, 0.29) is 23.3 Å². The van der Waals surface area contributed by atoms with Gasteiger partial charge >= 0.3 is 0 Å². The predicted molar refractivity (Wildman–Crippen MR) is 255 cm³/mol. The van der Waals surface area contributed by atoms with Crippen molar-refractivity contribution in [2.45, 2.75) is 205 Å². The number of benzene rings is 3. The van der Waals surface area contributed by atoms with E-state index in [1.165, 1.54) is 88.2 Å². The number of hydrogen-bond donors (Lipinski definition) is 0. The van der Waals surface area contributed by atoms with Gasteiger partial charge in [0, 0.05) is 0 Å². The van der Waals surface area contributed by atoms with Gasteiger partial charge in [-0.05, 0) is 197 Å². The van der Waals surface area contributed by atoms with Gasteiger partial charge in [0.2, 0.25) is 11.6 Å². The van der Waals surface area contributed by atoms with E-state index >= 15 is 8.78 Å². The van der Waals surface area contributed by atoms with Crippen LogP contribution in [0.15, 0.2) is 48.5 Å². The molecule has 3 aromatic rings. The van der Waals surface area contributed by atoms with Crippen molar-refractivity contribution < 1.29 is 27.0 Å². The number of halogens is 4. The van der Waals surface area contributed by atoms with Gasteiger partial charge in [0.1, 0.15) is 0 Å². The van der Waals surface area contributed by atoms with Gasteiger partial charge in [-0.1, -0.05) is 114 Å². The molecule has 0 saturated heterocycles. The first kappa shape index (κ1) is 48.9. The fourth-order valence-corrected chi connectivity index (χ4v) is 12.8. The molecule has 3 aromatic carbocycles. The van der Waals surface area contributed by atoms with Gasteiger partial charge in [-0.25, -0.2) is 8.78 Å². The molecule has 0 bridgehead atoms. The number of unbranched alkanes of at least 4 members (excludes halogenated alkanes) is 6. The van der Waals surface area contributed by atoms with Crippen LogP contribution in [0.4, 0.5) is 17.6 Å². The summed E-state index contributed by atoms with van der Waals surface area (Å²) in [7, 11) is 0. The van der Waals surface area contributed by atoms with E-state index in [1.54, 1.807) is 24.3 Å². The maximum absolute atomic E-state index is 15.2. The molecule has 0 unspecified atom stereocenters. The second kappa shape index (κ2) is 25.2. The van der Waals surface area contributed by atoms with Gasteiger partial charge in [-0.3, -0.25) is 0 Å². The van der Waals surface area contributed by atoms with Crippen LogP contribution in [0.1, 0.15) is 215 Å². The largest absolute Gasteiger partial charge is 0.490 e. The van der Waals surface area contributed by atoms with Gasteiger partial charge in [-0.2, -0.15) is 8.78 Å². The maximum Gasteiger partial charge on any atom is 0.200 e. The SMILES string of the molecule is CCCCCCOc1ccc(C2CCC(C3CCC(CCc4cccc(CCC5CCC(C6CCC(c7ccc(OCCCCCC)c(F)c7F)CC6)CC5)c4)CC3)CC2)c(F)c1F. The predicted octanol–water partition coefficient (Wildman–Crippen LogP) is 17.6. The summed E-state index contributed by atoms with van der Waals surface area (Å²) in [6, 6.07) is 16.3. The standard InChI is InChI=1S/C58H82F4O2/c1-3-5-7-9-38-63-53-36-34-51(55(59)57(53)61)49-30-26-47(27-31-49)45-22-18-41(19-23-45)14-16-43-12-11-13-44(40-43)17-15-42-20-24-46(25-21-42)48-28-32-50(33-29-48)52-35-37-54(58(62)56(52)60)64-39-10-8-6-4-2/h11-13,34-37,40-42,45-50H,3-10,14-33,38-39H2,1-2H3. The average Bonchev–Trinajstić information content (AvgIpc) is 3.33. The number of hydrogen-bond acceptors (Lipinski definition) is 2. The third-order valence-corrected chi connectivity index (χ3v) is 16.9. The minimum Gasteiger partial charge on any atom is -0.490 e. The van der Waals surface area contributed by atoms with E-state index in [0.29, 0.717) is 24.3 Å². The van der Waals surface area contributed by atoms with Crippen LogP contribution in [0.25, 0.3) is 0 Å². The Balaban J connectivity index is 0.759. The lowest BCUT2D eigenvalue weighted by atomic mass is 9.67. The lowest BCUT2D eigenvalue weighted by Crippen LogP contribution is -2.26. The molecule has 0 aromatic heterocycles. The van der Waals surface area contributed by atoms with Crippen LogP contribution in [0.3, 0.4) is 0 Å². The zero-order valence-electron chi connectivity index (χ0n) is 39.8. The Morgan fingerprint density at radius 2 is 0.797 bits per heavy atom. The molecule has 0 N–H and O–H groups in total. The van der Waals surface area contributed by atoms with Crippen LogP contribution in [0, 0.1) is 58.8 Å². The van der Waals surface area contributed by atoms with Crippen molar-refractivity contribution in [1.29, 1.82) is 0 Å². The van der Waals surface area contributed by atoms with Crippen LogP contribution < -0.4 is 9.47 Å². The molecule has 0 amide bonds. The molecule has 4 fully saturated rings. The van der Waals surface area contributed by atoms with Gasteiger partial charge in [0.25, 0.3) is 0 Å². The van der Waals surface area contributed by atoms with E-state index in [0.717, 1.165) is 138 Å². The van der Waals surface area contributed by atoms with Crippen molar-refractivity contribution in [2.24, 2.45) is 35.5 Å². The second-order valence-corrected chi connectivity index (χ2v) is 21.1. The fourth-order valence-electron chi connectivity index (χ4n) is 12.8. The Morgan fingerprint density at radius 3 is 1.17 bits per heavy atom. The average molecular weight is 887 g/mol. The normalized spacial score (nSPS) is 26.5. The summed E-state index contributed by atoms with van der Waals surface area (Å²) in [5.74, 6) is 1.99. The summed E-state index contributed by atoms with van der Waals surface area (Å²) in [6.07, 6.45) is 32.3. The molecule has 6 heteroatoms. The van der Waals surface area contributed by atoms with E-state index in [2.05, 4.69) is 38.1 Å². The summed E-state index contributed by atoms with van der Waals surface area (Å²) < 4.78 is 71.5. The second-order valence-electron chi connectivity index (χ2n) is 21.1. The molecule has 354 valence electrons. The number of rotatable bonds is 22. The van der Waals surface area contributed by atoms with Crippen molar-refractivity contribution in [2.75, 3.05) is 13.2 Å². The molecule has 0 aliphatic heterocycles.